The van der Waals surface area contributed by atoms with Crippen LogP contribution < -0.4 is 15.4 Å². The van der Waals surface area contributed by atoms with Crippen LogP contribution in [0.4, 0.5) is 5.69 Å². The second-order valence-corrected chi connectivity index (χ2v) is 7.08. The Balaban J connectivity index is 1.50. The molecule has 1 heterocycles. The summed E-state index contributed by atoms with van der Waals surface area (Å²) in [6.45, 7) is 2.96. The van der Waals surface area contributed by atoms with Crippen LogP contribution in [0, 0.1) is 6.92 Å². The fourth-order valence-electron chi connectivity index (χ4n) is 2.91. The Labute approximate surface area is 169 Å². The summed E-state index contributed by atoms with van der Waals surface area (Å²) in [6, 6.07) is 12.0. The van der Waals surface area contributed by atoms with Gasteiger partial charge in [-0.05, 0) is 61.7 Å². The Hall–Kier alpha value is -2.57. The van der Waals surface area contributed by atoms with Crippen LogP contribution in [0.3, 0.4) is 0 Å². The summed E-state index contributed by atoms with van der Waals surface area (Å²) in [5.41, 5.74) is 1.89. The van der Waals surface area contributed by atoms with Gasteiger partial charge in [-0.3, -0.25) is 9.59 Å². The Morgan fingerprint density at radius 2 is 2.11 bits per heavy atom. The van der Waals surface area contributed by atoms with Crippen molar-refractivity contribution in [1.29, 1.82) is 0 Å². The van der Waals surface area contributed by atoms with E-state index in [0.29, 0.717) is 28.6 Å². The van der Waals surface area contributed by atoms with Crippen molar-refractivity contribution in [2.45, 2.75) is 25.9 Å². The summed E-state index contributed by atoms with van der Waals surface area (Å²) in [5.74, 6) is 0.0586. The second-order valence-electron chi connectivity index (χ2n) is 6.67. The summed E-state index contributed by atoms with van der Waals surface area (Å²) in [6.07, 6.45) is 2.07. The zero-order valence-corrected chi connectivity index (χ0v) is 16.4. The van der Waals surface area contributed by atoms with E-state index in [9.17, 15) is 9.59 Å². The third kappa shape index (κ3) is 5.71. The molecule has 2 aromatic rings. The molecule has 1 aliphatic heterocycles. The maximum atomic E-state index is 12.3. The molecule has 0 bridgehead atoms. The number of nitrogens with one attached hydrogen (secondary N) is 2. The molecule has 3 rings (SSSR count). The van der Waals surface area contributed by atoms with Gasteiger partial charge in [0.2, 0.25) is 0 Å². The van der Waals surface area contributed by atoms with Crippen LogP contribution in [0.2, 0.25) is 5.02 Å². The van der Waals surface area contributed by atoms with Gasteiger partial charge in [-0.2, -0.15) is 0 Å². The molecule has 0 unspecified atom stereocenters. The highest BCUT2D eigenvalue weighted by molar-refractivity contribution is 6.31. The van der Waals surface area contributed by atoms with Crippen molar-refractivity contribution >= 4 is 29.1 Å². The number of amides is 2. The van der Waals surface area contributed by atoms with Crippen LogP contribution in [-0.2, 0) is 9.53 Å². The number of carbonyl (C=O) groups excluding carboxylic acids is 2. The molecule has 7 heteroatoms. The SMILES string of the molecule is Cc1cc(OCC(=O)Nc2cccc(C(=O)NC[C@H]3CCCO3)c2)ccc1Cl. The fourth-order valence-corrected chi connectivity index (χ4v) is 3.02. The fraction of sp³-hybridized carbons (Fsp3) is 0.333. The monoisotopic (exact) mass is 402 g/mol. The number of rotatable bonds is 7. The van der Waals surface area contributed by atoms with Gasteiger partial charge in [0.15, 0.2) is 6.61 Å². The van der Waals surface area contributed by atoms with Gasteiger partial charge in [-0.25, -0.2) is 0 Å². The van der Waals surface area contributed by atoms with Crippen molar-refractivity contribution in [3.63, 3.8) is 0 Å². The van der Waals surface area contributed by atoms with Crippen molar-refractivity contribution in [1.82, 2.24) is 5.32 Å². The predicted molar refractivity (Wildman–Crippen MR) is 108 cm³/mol. The molecular formula is C21H23ClN2O4. The topological polar surface area (TPSA) is 76.7 Å². The summed E-state index contributed by atoms with van der Waals surface area (Å²) >= 11 is 5.98. The molecule has 0 aliphatic carbocycles. The quantitative estimate of drug-likeness (QED) is 0.742. The van der Waals surface area contributed by atoms with E-state index < -0.39 is 0 Å². The van der Waals surface area contributed by atoms with Crippen molar-refractivity contribution in [2.75, 3.05) is 25.1 Å². The maximum absolute atomic E-state index is 12.3. The smallest absolute Gasteiger partial charge is 0.262 e. The van der Waals surface area contributed by atoms with Crippen molar-refractivity contribution < 1.29 is 19.1 Å². The van der Waals surface area contributed by atoms with Crippen LogP contribution in [0.5, 0.6) is 5.75 Å². The minimum atomic E-state index is -0.315. The van der Waals surface area contributed by atoms with E-state index in [1.807, 2.05) is 6.92 Å². The third-order valence-corrected chi connectivity index (χ3v) is 4.85. The van der Waals surface area contributed by atoms with Gasteiger partial charge in [0, 0.05) is 29.4 Å². The average Bonchev–Trinajstić information content (AvgIpc) is 3.21. The van der Waals surface area contributed by atoms with Gasteiger partial charge in [-0.15, -0.1) is 0 Å². The first-order chi connectivity index (χ1) is 13.5. The Morgan fingerprint density at radius 1 is 1.25 bits per heavy atom. The number of hydrogen-bond acceptors (Lipinski definition) is 4. The average molecular weight is 403 g/mol. The molecule has 0 saturated carbocycles. The molecule has 1 fully saturated rings. The summed E-state index contributed by atoms with van der Waals surface area (Å²) in [5, 5.41) is 6.25. The summed E-state index contributed by atoms with van der Waals surface area (Å²) in [4.78, 5) is 24.4. The van der Waals surface area contributed by atoms with Gasteiger partial charge >= 0.3 is 0 Å². The molecule has 1 atom stereocenters. The number of ether oxygens (including phenoxy) is 2. The molecule has 2 aromatic carbocycles. The van der Waals surface area contributed by atoms with E-state index in [1.54, 1.807) is 42.5 Å². The molecular weight excluding hydrogens is 380 g/mol. The zero-order valence-electron chi connectivity index (χ0n) is 15.7. The highest BCUT2D eigenvalue weighted by atomic mass is 35.5. The Bertz CT molecular complexity index is 850. The molecule has 0 spiro atoms. The molecule has 148 valence electrons. The molecule has 0 radical (unpaired) electrons. The van der Waals surface area contributed by atoms with Gasteiger partial charge in [0.25, 0.3) is 11.8 Å². The molecule has 1 aliphatic rings. The van der Waals surface area contributed by atoms with Gasteiger partial charge < -0.3 is 20.1 Å². The first-order valence-electron chi connectivity index (χ1n) is 9.20. The standard InChI is InChI=1S/C21H23ClN2O4/c1-14-10-17(7-8-19(14)22)28-13-20(25)24-16-5-2-4-15(11-16)21(26)23-12-18-6-3-9-27-18/h2,4-5,7-8,10-11,18H,3,6,9,12-13H2,1H3,(H,23,26)(H,24,25)/t18-/m1/s1. The van der Waals surface area contributed by atoms with Crippen LogP contribution in [0.1, 0.15) is 28.8 Å². The molecule has 2 amide bonds. The lowest BCUT2D eigenvalue weighted by Crippen LogP contribution is -2.31. The van der Waals surface area contributed by atoms with Crippen LogP contribution in [-0.4, -0.2) is 37.7 Å². The molecule has 6 nitrogen and oxygen atoms in total. The maximum Gasteiger partial charge on any atom is 0.262 e. The van der Waals surface area contributed by atoms with E-state index in [-0.39, 0.29) is 24.5 Å². The Kier molecular flexibility index (Phi) is 6.90. The number of carbonyl (C=O) groups is 2. The number of anilines is 1. The molecule has 28 heavy (non-hydrogen) atoms. The van der Waals surface area contributed by atoms with E-state index in [2.05, 4.69) is 10.6 Å². The first-order valence-corrected chi connectivity index (χ1v) is 9.58. The highest BCUT2D eigenvalue weighted by Crippen LogP contribution is 2.21. The minimum Gasteiger partial charge on any atom is -0.484 e. The second kappa shape index (κ2) is 9.57. The summed E-state index contributed by atoms with van der Waals surface area (Å²) in [7, 11) is 0. The van der Waals surface area contributed by atoms with Crippen molar-refractivity contribution in [3.05, 3.63) is 58.6 Å². The molecule has 2 N–H and O–H groups in total. The van der Waals surface area contributed by atoms with Crippen molar-refractivity contribution in [2.24, 2.45) is 0 Å². The van der Waals surface area contributed by atoms with E-state index in [0.717, 1.165) is 25.0 Å². The molecule has 0 aromatic heterocycles. The minimum absolute atomic E-state index is 0.0838. The van der Waals surface area contributed by atoms with Crippen LogP contribution >= 0.6 is 11.6 Å². The van der Waals surface area contributed by atoms with E-state index in [1.165, 1.54) is 0 Å². The largest absolute Gasteiger partial charge is 0.484 e. The number of hydrogen-bond donors (Lipinski definition) is 2. The lowest BCUT2D eigenvalue weighted by Gasteiger charge is -2.12. The van der Waals surface area contributed by atoms with E-state index >= 15 is 0 Å². The number of benzene rings is 2. The van der Waals surface area contributed by atoms with Crippen molar-refractivity contribution in [3.8, 4) is 5.75 Å². The van der Waals surface area contributed by atoms with Crippen LogP contribution in [0.25, 0.3) is 0 Å². The molecule has 1 saturated heterocycles. The summed E-state index contributed by atoms with van der Waals surface area (Å²) < 4.78 is 11.0. The van der Waals surface area contributed by atoms with E-state index in [4.69, 9.17) is 21.1 Å². The Morgan fingerprint density at radius 3 is 2.86 bits per heavy atom. The zero-order chi connectivity index (χ0) is 19.9. The normalized spacial score (nSPS) is 15.9. The van der Waals surface area contributed by atoms with Gasteiger partial charge in [0.05, 0.1) is 6.10 Å². The van der Waals surface area contributed by atoms with Gasteiger partial charge in [-0.1, -0.05) is 17.7 Å². The first kappa shape index (κ1) is 20.2. The number of halogens is 1. The third-order valence-electron chi connectivity index (χ3n) is 4.42. The highest BCUT2D eigenvalue weighted by Gasteiger charge is 2.17. The van der Waals surface area contributed by atoms with Crippen LogP contribution in [0.15, 0.2) is 42.5 Å². The van der Waals surface area contributed by atoms with Gasteiger partial charge in [0.1, 0.15) is 5.75 Å². The lowest BCUT2D eigenvalue weighted by molar-refractivity contribution is -0.118. The lowest BCUT2D eigenvalue weighted by atomic mass is 10.1. The predicted octanol–water partition coefficient (Wildman–Crippen LogP) is 3.57. The number of aryl methyl sites for hydroxylation is 1.